The van der Waals surface area contributed by atoms with Crippen molar-refractivity contribution in [1.82, 2.24) is 30.0 Å². The molecule has 10 nitrogen and oxygen atoms in total. The van der Waals surface area contributed by atoms with Crippen LogP contribution in [0.4, 0.5) is 14.5 Å². The third kappa shape index (κ3) is 4.35. The lowest BCUT2D eigenvalue weighted by Crippen LogP contribution is -2.65. The first-order valence-corrected chi connectivity index (χ1v) is 13.6. The number of nitrogens with zero attached hydrogens (tertiary/aromatic N) is 5. The zero-order valence-electron chi connectivity index (χ0n) is 19.8. The molecule has 2 aliphatic rings. The smallest absolute Gasteiger partial charge is 0.291 e. The lowest BCUT2D eigenvalue weighted by molar-refractivity contribution is -0.120. The third-order valence-corrected chi connectivity index (χ3v) is 9.07. The van der Waals surface area contributed by atoms with Gasteiger partial charge in [0.1, 0.15) is 0 Å². The summed E-state index contributed by atoms with van der Waals surface area (Å²) >= 11 is 0.692. The molecule has 14 heteroatoms. The number of rotatable bonds is 6. The minimum absolute atomic E-state index is 0.00844. The predicted molar refractivity (Wildman–Crippen MR) is 131 cm³/mol. The first-order chi connectivity index (χ1) is 17.0. The number of terminal acetylenes is 1. The third-order valence-electron chi connectivity index (χ3n) is 6.57. The highest BCUT2D eigenvalue weighted by Gasteiger charge is 2.44. The zero-order valence-corrected chi connectivity index (χ0v) is 21.4. The molecule has 2 aliphatic heterocycles. The number of piperazine rings is 1. The Morgan fingerprint density at radius 3 is 2.72 bits per heavy atom. The van der Waals surface area contributed by atoms with Crippen LogP contribution in [-0.4, -0.2) is 71.8 Å². The van der Waals surface area contributed by atoms with Crippen molar-refractivity contribution in [2.45, 2.75) is 55.8 Å². The van der Waals surface area contributed by atoms with E-state index in [0.717, 1.165) is 0 Å². The van der Waals surface area contributed by atoms with Crippen LogP contribution < -0.4 is 14.9 Å². The highest BCUT2D eigenvalue weighted by Crippen LogP contribution is 2.35. The lowest BCUT2D eigenvalue weighted by atomic mass is 9.93. The maximum Gasteiger partial charge on any atom is 0.291 e. The van der Waals surface area contributed by atoms with E-state index in [-0.39, 0.29) is 34.8 Å². The molecule has 0 bridgehead atoms. The summed E-state index contributed by atoms with van der Waals surface area (Å²) in [6.07, 6.45) is 4.18. The van der Waals surface area contributed by atoms with E-state index in [0.29, 0.717) is 41.0 Å². The van der Waals surface area contributed by atoms with Crippen molar-refractivity contribution >= 4 is 38.0 Å². The molecule has 36 heavy (non-hydrogen) atoms. The number of alkyl halides is 2. The summed E-state index contributed by atoms with van der Waals surface area (Å²) in [5.74, 6) is 2.72. The fourth-order valence-electron chi connectivity index (χ4n) is 4.40. The van der Waals surface area contributed by atoms with E-state index in [1.165, 1.54) is 10.7 Å². The lowest BCUT2D eigenvalue weighted by Gasteiger charge is -2.45. The van der Waals surface area contributed by atoms with Crippen LogP contribution in [0.3, 0.4) is 0 Å². The Labute approximate surface area is 211 Å². The van der Waals surface area contributed by atoms with E-state index in [1.54, 1.807) is 26.1 Å². The number of hydrogen-bond donors (Lipinski definition) is 2. The Bertz CT molecular complexity index is 1450. The van der Waals surface area contributed by atoms with Gasteiger partial charge >= 0.3 is 0 Å². The number of aromatic nitrogens is 4. The monoisotopic (exact) mass is 537 g/mol. The summed E-state index contributed by atoms with van der Waals surface area (Å²) in [6, 6.07) is 2.88. The first kappa shape index (κ1) is 25.0. The second kappa shape index (κ2) is 9.00. The Hall–Kier alpha value is -2.70. The molecule has 4 heterocycles. The second-order valence-corrected chi connectivity index (χ2v) is 12.0. The van der Waals surface area contributed by atoms with Crippen LogP contribution in [0, 0.1) is 12.3 Å². The molecule has 1 aromatic carbocycles. The molecule has 2 N–H and O–H groups in total. The molecule has 0 spiro atoms. The maximum atomic E-state index is 13.5. The van der Waals surface area contributed by atoms with Gasteiger partial charge in [-0.25, -0.2) is 26.6 Å². The van der Waals surface area contributed by atoms with Gasteiger partial charge in [-0.3, -0.25) is 5.32 Å². The van der Waals surface area contributed by atoms with E-state index >= 15 is 0 Å². The van der Waals surface area contributed by atoms with Gasteiger partial charge in [0.15, 0.2) is 5.01 Å². The SMILES string of the molecule is C#C[C@H]1CN(c2cc(S(=O)(=O)NC3(C)COC3C)cc3c2cnn3-c2nnc(C(F)F)s2)C[C@H](C)N1. The van der Waals surface area contributed by atoms with Crippen LogP contribution in [0.2, 0.25) is 0 Å². The number of hydrogen-bond acceptors (Lipinski definition) is 9. The Morgan fingerprint density at radius 1 is 1.33 bits per heavy atom. The highest BCUT2D eigenvalue weighted by atomic mass is 32.2. The maximum absolute atomic E-state index is 13.5. The standard InChI is InChI=1S/C22H25F2N7O3S2/c1-5-14-10-30(9-12(2)26-14)17-6-15(36(32,33)29-22(4)11-34-13(22)3)7-18-16(17)8-25-31(18)21-28-27-20(35-21)19(23)24/h1,6-8,12-14,19,26,29H,9-11H2,2-4H3/t12-,13?,14-,22?/m0/s1. The number of ether oxygens (including phenoxy) is 1. The number of anilines is 1. The van der Waals surface area contributed by atoms with Gasteiger partial charge < -0.3 is 9.64 Å². The number of benzene rings is 1. The number of fused-ring (bicyclic) bond motifs is 1. The van der Waals surface area contributed by atoms with Crippen molar-refractivity contribution in [2.75, 3.05) is 24.6 Å². The van der Waals surface area contributed by atoms with E-state index < -0.39 is 27.0 Å². The first-order valence-electron chi connectivity index (χ1n) is 11.3. The molecule has 5 rings (SSSR count). The normalized spacial score (nSPS) is 26.8. The minimum Gasteiger partial charge on any atom is -0.374 e. The molecule has 0 radical (unpaired) electrons. The van der Waals surface area contributed by atoms with Crippen molar-refractivity contribution < 1.29 is 21.9 Å². The molecule has 0 aliphatic carbocycles. The molecule has 4 atom stereocenters. The summed E-state index contributed by atoms with van der Waals surface area (Å²) in [7, 11) is -3.99. The molecule has 2 fully saturated rings. The van der Waals surface area contributed by atoms with Crippen molar-refractivity contribution in [3.05, 3.63) is 23.3 Å². The molecule has 192 valence electrons. The molecular formula is C22H25F2N7O3S2. The van der Waals surface area contributed by atoms with Gasteiger partial charge in [0, 0.05) is 30.2 Å². The van der Waals surface area contributed by atoms with Gasteiger partial charge in [-0.05, 0) is 32.9 Å². The van der Waals surface area contributed by atoms with Crippen molar-refractivity contribution in [3.63, 3.8) is 0 Å². The van der Waals surface area contributed by atoms with Crippen LogP contribution in [-0.2, 0) is 14.8 Å². The zero-order chi connectivity index (χ0) is 25.8. The summed E-state index contributed by atoms with van der Waals surface area (Å²) < 4.78 is 62.8. The Morgan fingerprint density at radius 2 is 2.11 bits per heavy atom. The Balaban J connectivity index is 1.66. The van der Waals surface area contributed by atoms with Crippen molar-refractivity contribution in [1.29, 1.82) is 0 Å². The fraction of sp³-hybridized carbons (Fsp3) is 0.500. The Kier molecular flexibility index (Phi) is 6.24. The van der Waals surface area contributed by atoms with Crippen LogP contribution >= 0.6 is 11.3 Å². The number of nitrogens with one attached hydrogen (secondary N) is 2. The predicted octanol–water partition coefficient (Wildman–Crippen LogP) is 2.07. The van der Waals surface area contributed by atoms with Crippen LogP contribution in [0.5, 0.6) is 0 Å². The summed E-state index contributed by atoms with van der Waals surface area (Å²) in [6.45, 7) is 6.85. The molecular weight excluding hydrogens is 512 g/mol. The second-order valence-electron chi connectivity index (χ2n) is 9.32. The van der Waals surface area contributed by atoms with Gasteiger partial charge in [0.2, 0.25) is 15.2 Å². The topological polar surface area (TPSA) is 114 Å². The number of sulfonamides is 1. The van der Waals surface area contributed by atoms with E-state index in [2.05, 4.69) is 31.3 Å². The average Bonchev–Trinajstić information content (AvgIpc) is 3.49. The molecule has 2 unspecified atom stereocenters. The van der Waals surface area contributed by atoms with Crippen LogP contribution in [0.15, 0.2) is 23.2 Å². The van der Waals surface area contributed by atoms with Gasteiger partial charge in [-0.2, -0.15) is 5.10 Å². The summed E-state index contributed by atoms with van der Waals surface area (Å²) in [4.78, 5) is 2.02. The summed E-state index contributed by atoms with van der Waals surface area (Å²) in [5.41, 5.74) is 0.267. The van der Waals surface area contributed by atoms with Gasteiger partial charge in [0.05, 0.1) is 40.9 Å². The molecule has 0 saturated carbocycles. The van der Waals surface area contributed by atoms with Crippen molar-refractivity contribution in [3.8, 4) is 17.5 Å². The fourth-order valence-corrected chi connectivity index (χ4v) is 6.56. The summed E-state index contributed by atoms with van der Waals surface area (Å²) in [5, 5.41) is 15.4. The molecule has 2 saturated heterocycles. The molecule has 0 amide bonds. The molecule has 3 aromatic rings. The minimum atomic E-state index is -3.99. The largest absolute Gasteiger partial charge is 0.374 e. The van der Waals surface area contributed by atoms with E-state index in [4.69, 9.17) is 11.2 Å². The number of halogens is 2. The quantitative estimate of drug-likeness (QED) is 0.460. The van der Waals surface area contributed by atoms with E-state index in [1.807, 2.05) is 11.8 Å². The van der Waals surface area contributed by atoms with Crippen LogP contribution in [0.25, 0.3) is 16.0 Å². The van der Waals surface area contributed by atoms with Crippen molar-refractivity contribution in [2.24, 2.45) is 0 Å². The van der Waals surface area contributed by atoms with Gasteiger partial charge in [-0.1, -0.05) is 17.3 Å². The highest BCUT2D eigenvalue weighted by molar-refractivity contribution is 7.89. The average molecular weight is 538 g/mol. The van der Waals surface area contributed by atoms with Gasteiger partial charge in [-0.15, -0.1) is 16.6 Å². The molecule has 2 aromatic heterocycles. The van der Waals surface area contributed by atoms with Gasteiger partial charge in [0.25, 0.3) is 6.43 Å². The van der Waals surface area contributed by atoms with Crippen LogP contribution in [0.1, 0.15) is 32.2 Å². The van der Waals surface area contributed by atoms with E-state index in [9.17, 15) is 17.2 Å².